The molecule has 0 saturated heterocycles. The summed E-state index contributed by atoms with van der Waals surface area (Å²) in [6, 6.07) is 2.52. The largest absolute Gasteiger partial charge is 0.416 e. The normalized spacial score (nSPS) is 16.4. The van der Waals surface area contributed by atoms with Crippen LogP contribution in [-0.2, 0) is 10.9 Å². The molecule has 5 heteroatoms. The van der Waals surface area contributed by atoms with Crippen molar-refractivity contribution in [2.24, 2.45) is 0 Å². The van der Waals surface area contributed by atoms with Gasteiger partial charge in [-0.3, -0.25) is 0 Å². The zero-order chi connectivity index (χ0) is 11.8. The summed E-state index contributed by atoms with van der Waals surface area (Å²) in [6.45, 7) is 0.609. The Hall–Kier alpha value is -1.36. The summed E-state index contributed by atoms with van der Waals surface area (Å²) in [7, 11) is 0. The maximum Gasteiger partial charge on any atom is 0.416 e. The Morgan fingerprint density at radius 2 is 1.94 bits per heavy atom. The zero-order valence-corrected chi connectivity index (χ0v) is 8.14. The van der Waals surface area contributed by atoms with Crippen LogP contribution in [0.2, 0.25) is 0 Å². The van der Waals surface area contributed by atoms with Gasteiger partial charge in [0.2, 0.25) is 0 Å². The number of hydrogen-bond acceptors (Lipinski definition) is 1. The molecule has 1 aromatic rings. The van der Waals surface area contributed by atoms with E-state index in [1.807, 2.05) is 0 Å². The Labute approximate surface area is 89.3 Å². The van der Waals surface area contributed by atoms with Gasteiger partial charge in [-0.15, -0.1) is 0 Å². The molecule has 0 spiro atoms. The first-order valence-electron chi connectivity index (χ1n) is 4.62. The minimum Gasteiger partial charge on any atom is -0.373 e. The van der Waals surface area contributed by atoms with Crippen LogP contribution < -0.4 is 0 Å². The lowest BCUT2D eigenvalue weighted by Crippen LogP contribution is -2.06. The smallest absolute Gasteiger partial charge is 0.373 e. The molecule has 86 valence electrons. The van der Waals surface area contributed by atoms with Gasteiger partial charge in [0.25, 0.3) is 0 Å². The van der Waals surface area contributed by atoms with Gasteiger partial charge in [-0.05, 0) is 17.7 Å². The van der Waals surface area contributed by atoms with Crippen LogP contribution in [0.3, 0.4) is 0 Å². The lowest BCUT2D eigenvalue weighted by Gasteiger charge is -2.09. The van der Waals surface area contributed by atoms with Crippen molar-refractivity contribution in [1.29, 1.82) is 0 Å². The number of alkyl halides is 3. The molecular formula is C11H8F4O. The van der Waals surface area contributed by atoms with Gasteiger partial charge >= 0.3 is 6.18 Å². The minimum absolute atomic E-state index is 0.172. The number of hydrogen-bond donors (Lipinski definition) is 0. The Balaban J connectivity index is 2.37. The molecule has 0 amide bonds. The van der Waals surface area contributed by atoms with Crippen molar-refractivity contribution in [3.63, 3.8) is 0 Å². The summed E-state index contributed by atoms with van der Waals surface area (Å²) in [5.41, 5.74) is -0.218. The van der Waals surface area contributed by atoms with Gasteiger partial charge in [0.1, 0.15) is 5.82 Å². The van der Waals surface area contributed by atoms with Crippen LogP contribution in [0.5, 0.6) is 0 Å². The van der Waals surface area contributed by atoms with E-state index in [0.717, 1.165) is 12.1 Å². The fourth-order valence-electron chi connectivity index (χ4n) is 1.53. The maximum absolute atomic E-state index is 13.4. The molecule has 0 unspecified atom stereocenters. The maximum atomic E-state index is 13.4. The van der Waals surface area contributed by atoms with Crippen LogP contribution in [0.25, 0.3) is 5.57 Å². The lowest BCUT2D eigenvalue weighted by molar-refractivity contribution is -0.137. The molecule has 1 aliphatic rings. The molecule has 0 atom stereocenters. The van der Waals surface area contributed by atoms with Crippen LogP contribution in [0, 0.1) is 5.82 Å². The number of ether oxygens (including phenoxy) is 1. The fourth-order valence-corrected chi connectivity index (χ4v) is 1.53. The van der Waals surface area contributed by atoms with Crippen LogP contribution in [0.15, 0.2) is 24.3 Å². The Morgan fingerprint density at radius 1 is 1.19 bits per heavy atom. The van der Waals surface area contributed by atoms with Gasteiger partial charge < -0.3 is 4.74 Å². The highest BCUT2D eigenvalue weighted by Crippen LogP contribution is 2.32. The van der Waals surface area contributed by atoms with E-state index in [0.29, 0.717) is 18.2 Å². The molecule has 0 bridgehead atoms. The third-order valence-electron chi connectivity index (χ3n) is 2.35. The fraction of sp³-hybridized carbons (Fsp3) is 0.273. The van der Waals surface area contributed by atoms with E-state index >= 15 is 0 Å². The standard InChI is InChI=1S/C11H8F4O/c12-10-5-8(11(13,14)15)1-2-9(10)7-3-4-16-6-7/h1-3,5H,4,6H2. The Morgan fingerprint density at radius 3 is 2.44 bits per heavy atom. The topological polar surface area (TPSA) is 9.23 Å². The number of halogens is 4. The average Bonchev–Trinajstić information content (AvgIpc) is 2.69. The molecule has 1 aromatic carbocycles. The molecule has 0 fully saturated rings. The summed E-state index contributed by atoms with van der Waals surface area (Å²) in [5, 5.41) is 0. The third kappa shape index (κ3) is 2.09. The number of rotatable bonds is 1. The molecule has 0 aliphatic carbocycles. The first kappa shape index (κ1) is 11.1. The SMILES string of the molecule is Fc1cc(C(F)(F)F)ccc1C1=CCOC1. The van der Waals surface area contributed by atoms with Crippen LogP contribution in [0.1, 0.15) is 11.1 Å². The predicted molar refractivity (Wildman–Crippen MR) is 50.2 cm³/mol. The molecule has 16 heavy (non-hydrogen) atoms. The van der Waals surface area contributed by atoms with Gasteiger partial charge in [-0.2, -0.15) is 13.2 Å². The summed E-state index contributed by atoms with van der Waals surface area (Å²) in [5.74, 6) is -0.869. The van der Waals surface area contributed by atoms with Crippen molar-refractivity contribution < 1.29 is 22.3 Å². The Kier molecular flexibility index (Phi) is 2.71. The molecule has 1 nitrogen and oxygen atoms in total. The Bertz CT molecular complexity index is 434. The molecule has 0 N–H and O–H groups in total. The van der Waals surface area contributed by atoms with E-state index in [-0.39, 0.29) is 12.2 Å². The quantitative estimate of drug-likeness (QED) is 0.675. The second kappa shape index (κ2) is 3.90. The van der Waals surface area contributed by atoms with Crippen molar-refractivity contribution in [3.05, 3.63) is 41.2 Å². The summed E-state index contributed by atoms with van der Waals surface area (Å²) >= 11 is 0. The molecular weight excluding hydrogens is 224 g/mol. The highest BCUT2D eigenvalue weighted by Gasteiger charge is 2.31. The van der Waals surface area contributed by atoms with E-state index in [1.54, 1.807) is 6.08 Å². The summed E-state index contributed by atoms with van der Waals surface area (Å²) < 4.78 is 55.2. The molecule has 2 rings (SSSR count). The molecule has 1 aliphatic heterocycles. The van der Waals surface area contributed by atoms with Crippen LogP contribution >= 0.6 is 0 Å². The first-order valence-corrected chi connectivity index (χ1v) is 4.62. The van der Waals surface area contributed by atoms with Gasteiger partial charge in [-0.1, -0.05) is 12.1 Å². The summed E-state index contributed by atoms with van der Waals surface area (Å²) in [6.07, 6.45) is -2.86. The van der Waals surface area contributed by atoms with Crippen LogP contribution in [-0.4, -0.2) is 13.2 Å². The van der Waals surface area contributed by atoms with Crippen molar-refractivity contribution >= 4 is 5.57 Å². The van der Waals surface area contributed by atoms with E-state index in [9.17, 15) is 17.6 Å². The minimum atomic E-state index is -4.51. The lowest BCUT2D eigenvalue weighted by atomic mass is 10.0. The van der Waals surface area contributed by atoms with E-state index < -0.39 is 17.6 Å². The zero-order valence-electron chi connectivity index (χ0n) is 8.14. The van der Waals surface area contributed by atoms with Gasteiger partial charge in [0.15, 0.2) is 0 Å². The predicted octanol–water partition coefficient (Wildman–Crippen LogP) is 3.26. The molecule has 0 radical (unpaired) electrons. The van der Waals surface area contributed by atoms with Gasteiger partial charge in [0.05, 0.1) is 18.8 Å². The van der Waals surface area contributed by atoms with Crippen molar-refractivity contribution in [2.75, 3.05) is 13.2 Å². The van der Waals surface area contributed by atoms with Gasteiger partial charge in [0, 0.05) is 5.56 Å². The second-order valence-electron chi connectivity index (χ2n) is 3.44. The highest BCUT2D eigenvalue weighted by atomic mass is 19.4. The monoisotopic (exact) mass is 232 g/mol. The van der Waals surface area contributed by atoms with E-state index in [4.69, 9.17) is 4.74 Å². The molecule has 0 saturated carbocycles. The molecule has 1 heterocycles. The van der Waals surface area contributed by atoms with Gasteiger partial charge in [-0.25, -0.2) is 4.39 Å². The van der Waals surface area contributed by atoms with E-state index in [2.05, 4.69) is 0 Å². The highest BCUT2D eigenvalue weighted by molar-refractivity contribution is 5.68. The van der Waals surface area contributed by atoms with Crippen LogP contribution in [0.4, 0.5) is 17.6 Å². The first-order chi connectivity index (χ1) is 7.48. The van der Waals surface area contributed by atoms with Crippen molar-refractivity contribution in [3.8, 4) is 0 Å². The molecule has 0 aromatic heterocycles. The second-order valence-corrected chi connectivity index (χ2v) is 3.44. The van der Waals surface area contributed by atoms with Crippen molar-refractivity contribution in [1.82, 2.24) is 0 Å². The number of benzene rings is 1. The average molecular weight is 232 g/mol. The van der Waals surface area contributed by atoms with E-state index in [1.165, 1.54) is 0 Å². The van der Waals surface area contributed by atoms with Crippen molar-refractivity contribution in [2.45, 2.75) is 6.18 Å². The summed E-state index contributed by atoms with van der Waals surface area (Å²) in [4.78, 5) is 0. The third-order valence-corrected chi connectivity index (χ3v) is 2.35.